The predicted molar refractivity (Wildman–Crippen MR) is 79.0 cm³/mol. The van der Waals surface area contributed by atoms with Crippen molar-refractivity contribution in [1.29, 1.82) is 0 Å². The van der Waals surface area contributed by atoms with E-state index in [0.29, 0.717) is 17.8 Å². The standard InChI is InChI=1S/C13H19N3O4S/c1-2-3-4-7-21(19,20)16-11-6-5-9(12(17)18)8-10(11)15-13(16)14/h6,8,13H,2-5,7,14H2,1H3,(H,17,18). The van der Waals surface area contributed by atoms with E-state index >= 15 is 0 Å². The number of fused-ring (bicyclic) bond motifs is 1. The first-order chi connectivity index (χ1) is 9.86. The highest BCUT2D eigenvalue weighted by molar-refractivity contribution is 7.89. The van der Waals surface area contributed by atoms with Crippen LogP contribution in [0.2, 0.25) is 0 Å². The summed E-state index contributed by atoms with van der Waals surface area (Å²) in [7, 11) is -3.54. The number of carboxylic acids is 1. The van der Waals surface area contributed by atoms with Crippen LogP contribution in [0.1, 0.15) is 32.6 Å². The van der Waals surface area contributed by atoms with Gasteiger partial charge in [0.2, 0.25) is 10.0 Å². The molecule has 0 fully saturated rings. The van der Waals surface area contributed by atoms with Crippen molar-refractivity contribution in [3.63, 3.8) is 0 Å². The first kappa shape index (κ1) is 15.7. The summed E-state index contributed by atoms with van der Waals surface area (Å²) in [5.41, 5.74) is 6.69. The highest BCUT2D eigenvalue weighted by Crippen LogP contribution is 2.29. The van der Waals surface area contributed by atoms with Gasteiger partial charge in [-0.05, 0) is 18.9 Å². The lowest BCUT2D eigenvalue weighted by Crippen LogP contribution is -2.42. The van der Waals surface area contributed by atoms with Gasteiger partial charge in [-0.1, -0.05) is 25.8 Å². The maximum Gasteiger partial charge on any atom is 0.331 e. The molecule has 21 heavy (non-hydrogen) atoms. The van der Waals surface area contributed by atoms with Crippen molar-refractivity contribution in [1.82, 2.24) is 4.31 Å². The molecule has 7 nitrogen and oxygen atoms in total. The number of aliphatic imine (C=N–C) groups is 1. The van der Waals surface area contributed by atoms with Crippen LogP contribution in [0, 0.1) is 0 Å². The van der Waals surface area contributed by atoms with Crippen LogP contribution in [0.4, 0.5) is 0 Å². The van der Waals surface area contributed by atoms with Crippen molar-refractivity contribution in [2.45, 2.75) is 38.9 Å². The minimum atomic E-state index is -3.54. The molecule has 0 amide bonds. The first-order valence-electron chi connectivity index (χ1n) is 6.86. The lowest BCUT2D eigenvalue weighted by molar-refractivity contribution is -0.132. The van der Waals surface area contributed by atoms with E-state index in [1.54, 1.807) is 6.08 Å². The second-order valence-electron chi connectivity index (χ2n) is 5.02. The van der Waals surface area contributed by atoms with Gasteiger partial charge >= 0.3 is 5.97 Å². The Morgan fingerprint density at radius 1 is 1.52 bits per heavy atom. The Kier molecular flexibility index (Phi) is 4.48. The SMILES string of the molecule is CCCCCS(=O)(=O)N1C2=CCC(C(=O)O)=CC2=NC1N. The molecule has 0 saturated carbocycles. The summed E-state index contributed by atoms with van der Waals surface area (Å²) in [5.74, 6) is -1.02. The minimum absolute atomic E-state index is 0.0180. The summed E-state index contributed by atoms with van der Waals surface area (Å²) >= 11 is 0. The second kappa shape index (κ2) is 5.98. The summed E-state index contributed by atoms with van der Waals surface area (Å²) in [4.78, 5) is 15.0. The zero-order valence-corrected chi connectivity index (χ0v) is 12.6. The van der Waals surface area contributed by atoms with Crippen molar-refractivity contribution >= 4 is 21.7 Å². The number of sulfonamides is 1. The molecule has 0 radical (unpaired) electrons. The van der Waals surface area contributed by atoms with Crippen LogP contribution >= 0.6 is 0 Å². The molecule has 2 rings (SSSR count). The van der Waals surface area contributed by atoms with Crippen LogP contribution in [-0.4, -0.2) is 41.6 Å². The number of rotatable bonds is 6. The topological polar surface area (TPSA) is 113 Å². The van der Waals surface area contributed by atoms with E-state index in [0.717, 1.165) is 17.1 Å². The Balaban J connectivity index is 2.21. The van der Waals surface area contributed by atoms with E-state index in [-0.39, 0.29) is 17.7 Å². The third-order valence-electron chi connectivity index (χ3n) is 3.42. The number of allylic oxidation sites excluding steroid dienone is 2. The Labute approximate surface area is 123 Å². The number of hydrogen-bond donors (Lipinski definition) is 2. The normalized spacial score (nSPS) is 21.5. The molecule has 1 heterocycles. The number of nitrogens with two attached hydrogens (primary N) is 1. The van der Waals surface area contributed by atoms with Gasteiger partial charge in [0.1, 0.15) is 0 Å². The number of hydrogen-bond acceptors (Lipinski definition) is 5. The van der Waals surface area contributed by atoms with Crippen LogP contribution in [0.3, 0.4) is 0 Å². The number of aliphatic carboxylic acids is 1. The van der Waals surface area contributed by atoms with E-state index in [1.807, 2.05) is 6.92 Å². The minimum Gasteiger partial charge on any atom is -0.478 e. The van der Waals surface area contributed by atoms with E-state index < -0.39 is 22.3 Å². The monoisotopic (exact) mass is 313 g/mol. The molecule has 0 aromatic heterocycles. The average Bonchev–Trinajstić information content (AvgIpc) is 2.74. The van der Waals surface area contributed by atoms with Gasteiger partial charge in [-0.3, -0.25) is 5.73 Å². The maximum absolute atomic E-state index is 12.4. The molecule has 2 aliphatic rings. The van der Waals surface area contributed by atoms with Crippen LogP contribution in [0.5, 0.6) is 0 Å². The van der Waals surface area contributed by atoms with Gasteiger partial charge in [-0.2, -0.15) is 0 Å². The van der Waals surface area contributed by atoms with Crippen LogP contribution < -0.4 is 5.73 Å². The van der Waals surface area contributed by atoms with Gasteiger partial charge in [-0.15, -0.1) is 0 Å². The maximum atomic E-state index is 12.4. The molecule has 1 aliphatic carbocycles. The van der Waals surface area contributed by atoms with Gasteiger partial charge in [0, 0.05) is 5.57 Å². The van der Waals surface area contributed by atoms with Crippen molar-refractivity contribution < 1.29 is 18.3 Å². The number of unbranched alkanes of at least 4 members (excludes halogenated alkanes) is 2. The third-order valence-corrected chi connectivity index (χ3v) is 5.23. The molecule has 0 saturated heterocycles. The largest absolute Gasteiger partial charge is 0.478 e. The van der Waals surface area contributed by atoms with Crippen molar-refractivity contribution in [3.05, 3.63) is 23.4 Å². The third kappa shape index (κ3) is 3.16. The average molecular weight is 313 g/mol. The Bertz CT molecular complexity index is 634. The van der Waals surface area contributed by atoms with E-state index in [2.05, 4.69) is 4.99 Å². The molecule has 1 unspecified atom stereocenters. The van der Waals surface area contributed by atoms with Crippen molar-refractivity contribution in [2.75, 3.05) is 5.75 Å². The quantitative estimate of drug-likeness (QED) is 0.704. The van der Waals surface area contributed by atoms with Gasteiger partial charge in [0.15, 0.2) is 6.29 Å². The van der Waals surface area contributed by atoms with Gasteiger partial charge in [-0.25, -0.2) is 22.5 Å². The fraction of sp³-hybridized carbons (Fsp3) is 0.538. The Morgan fingerprint density at radius 2 is 2.24 bits per heavy atom. The molecular weight excluding hydrogens is 294 g/mol. The Morgan fingerprint density at radius 3 is 2.86 bits per heavy atom. The highest BCUT2D eigenvalue weighted by Gasteiger charge is 2.37. The van der Waals surface area contributed by atoms with E-state index in [1.165, 1.54) is 6.08 Å². The number of carboxylic acid groups (broad SMARTS) is 1. The Hall–Kier alpha value is -1.67. The molecule has 0 bridgehead atoms. The smallest absolute Gasteiger partial charge is 0.331 e. The lowest BCUT2D eigenvalue weighted by atomic mass is 10.0. The predicted octanol–water partition coefficient (Wildman–Crippen LogP) is 0.804. The molecule has 0 aromatic rings. The van der Waals surface area contributed by atoms with Crippen LogP contribution in [0.15, 0.2) is 28.4 Å². The number of nitrogens with zero attached hydrogens (tertiary/aromatic N) is 2. The van der Waals surface area contributed by atoms with Crippen molar-refractivity contribution in [2.24, 2.45) is 10.7 Å². The lowest BCUT2D eigenvalue weighted by Gasteiger charge is -2.24. The summed E-state index contributed by atoms with van der Waals surface area (Å²) in [6.07, 6.45) is 4.43. The summed E-state index contributed by atoms with van der Waals surface area (Å²) in [6, 6.07) is 0. The van der Waals surface area contributed by atoms with Gasteiger partial charge in [0.05, 0.1) is 17.2 Å². The van der Waals surface area contributed by atoms with Gasteiger partial charge < -0.3 is 5.11 Å². The molecular formula is C13H19N3O4S. The molecule has 0 aromatic carbocycles. The summed E-state index contributed by atoms with van der Waals surface area (Å²) in [5, 5.41) is 8.98. The van der Waals surface area contributed by atoms with Crippen LogP contribution in [-0.2, 0) is 14.8 Å². The molecule has 1 aliphatic heterocycles. The second-order valence-corrected chi connectivity index (χ2v) is 6.98. The molecule has 8 heteroatoms. The highest BCUT2D eigenvalue weighted by atomic mass is 32.2. The summed E-state index contributed by atoms with van der Waals surface area (Å²) < 4.78 is 25.9. The molecule has 0 spiro atoms. The van der Waals surface area contributed by atoms with E-state index in [4.69, 9.17) is 10.8 Å². The molecule has 116 valence electrons. The van der Waals surface area contributed by atoms with E-state index in [9.17, 15) is 13.2 Å². The number of carbonyl (C=O) groups is 1. The van der Waals surface area contributed by atoms with Gasteiger partial charge in [0.25, 0.3) is 0 Å². The summed E-state index contributed by atoms with van der Waals surface area (Å²) in [6.45, 7) is 2.00. The first-order valence-corrected chi connectivity index (χ1v) is 8.47. The zero-order valence-electron chi connectivity index (χ0n) is 11.8. The van der Waals surface area contributed by atoms with Crippen LogP contribution in [0.25, 0.3) is 0 Å². The molecule has 3 N–H and O–H groups in total. The zero-order chi connectivity index (χ0) is 15.6. The fourth-order valence-electron chi connectivity index (χ4n) is 2.35. The molecule has 1 atom stereocenters. The van der Waals surface area contributed by atoms with Crippen molar-refractivity contribution in [3.8, 4) is 0 Å². The fourth-order valence-corrected chi connectivity index (χ4v) is 3.96.